The molecule has 0 spiro atoms. The second-order valence-electron chi connectivity index (χ2n) is 4.19. The topological polar surface area (TPSA) is 9.23 Å². The zero-order valence-corrected chi connectivity index (χ0v) is 9.10. The Morgan fingerprint density at radius 1 is 0.938 bits per heavy atom. The monoisotopic (exact) mass is 210 g/mol. The van der Waals surface area contributed by atoms with Gasteiger partial charge in [-0.3, -0.25) is 0 Å². The molecule has 1 heteroatoms. The van der Waals surface area contributed by atoms with Gasteiger partial charge in [-0.25, -0.2) is 0 Å². The number of benzene rings is 2. The van der Waals surface area contributed by atoms with E-state index in [2.05, 4.69) is 48.5 Å². The van der Waals surface area contributed by atoms with Crippen molar-refractivity contribution in [3.8, 4) is 0 Å². The maximum atomic E-state index is 5.83. The molecule has 0 N–H and O–H groups in total. The molecule has 0 saturated heterocycles. The number of ether oxygens (including phenoxy) is 1. The Balaban J connectivity index is 1.84. The van der Waals surface area contributed by atoms with Crippen LogP contribution in [0.3, 0.4) is 0 Å². The number of hydrogen-bond acceptors (Lipinski definition) is 1. The van der Waals surface area contributed by atoms with Gasteiger partial charge in [-0.1, -0.05) is 54.6 Å². The van der Waals surface area contributed by atoms with Crippen molar-refractivity contribution >= 4 is 0 Å². The van der Waals surface area contributed by atoms with Crippen molar-refractivity contribution in [3.63, 3.8) is 0 Å². The molecule has 0 amide bonds. The van der Waals surface area contributed by atoms with E-state index in [1.165, 1.54) is 16.7 Å². The normalized spacial score (nSPS) is 18.4. The molecule has 0 aromatic heterocycles. The molecule has 0 fully saturated rings. The summed E-state index contributed by atoms with van der Waals surface area (Å²) < 4.78 is 5.83. The summed E-state index contributed by atoms with van der Waals surface area (Å²) in [6.07, 6.45) is 1.20. The maximum absolute atomic E-state index is 5.83. The molecule has 1 unspecified atom stereocenters. The van der Waals surface area contributed by atoms with Gasteiger partial charge in [-0.2, -0.15) is 0 Å². The second kappa shape index (κ2) is 4.11. The molecular formula is C15H14O. The van der Waals surface area contributed by atoms with Gasteiger partial charge in [0.25, 0.3) is 0 Å². The zero-order chi connectivity index (χ0) is 10.8. The Hall–Kier alpha value is -1.60. The molecule has 1 atom stereocenters. The van der Waals surface area contributed by atoms with Gasteiger partial charge in [-0.05, 0) is 16.7 Å². The lowest BCUT2D eigenvalue weighted by Crippen LogP contribution is -2.00. The predicted molar refractivity (Wildman–Crippen MR) is 64.1 cm³/mol. The fourth-order valence-corrected chi connectivity index (χ4v) is 2.26. The Labute approximate surface area is 95.7 Å². The van der Waals surface area contributed by atoms with Crippen molar-refractivity contribution in [3.05, 3.63) is 71.3 Å². The van der Waals surface area contributed by atoms with Gasteiger partial charge in [0.15, 0.2) is 0 Å². The third-order valence-electron chi connectivity index (χ3n) is 3.11. The minimum atomic E-state index is 0.235. The Kier molecular flexibility index (Phi) is 2.47. The fourth-order valence-electron chi connectivity index (χ4n) is 2.26. The summed E-state index contributed by atoms with van der Waals surface area (Å²) in [5.41, 5.74) is 4.03. The Morgan fingerprint density at radius 3 is 2.56 bits per heavy atom. The number of hydrogen-bond donors (Lipinski definition) is 0. The first kappa shape index (κ1) is 9.61. The van der Waals surface area contributed by atoms with Crippen LogP contribution in [-0.4, -0.2) is 0 Å². The molecule has 3 rings (SSSR count). The second-order valence-corrected chi connectivity index (χ2v) is 4.19. The van der Waals surface area contributed by atoms with Crippen molar-refractivity contribution in [1.82, 2.24) is 0 Å². The van der Waals surface area contributed by atoms with Gasteiger partial charge in [0.05, 0.1) is 12.7 Å². The van der Waals surface area contributed by atoms with Crippen LogP contribution in [0.2, 0.25) is 0 Å². The average molecular weight is 210 g/mol. The number of fused-ring (bicyclic) bond motifs is 1. The van der Waals surface area contributed by atoms with E-state index >= 15 is 0 Å². The Morgan fingerprint density at radius 2 is 1.69 bits per heavy atom. The summed E-state index contributed by atoms with van der Waals surface area (Å²) in [5.74, 6) is 0. The largest absolute Gasteiger partial charge is 0.368 e. The van der Waals surface area contributed by atoms with Crippen molar-refractivity contribution in [2.75, 3.05) is 0 Å². The highest BCUT2D eigenvalue weighted by molar-refractivity contribution is 5.33. The highest BCUT2D eigenvalue weighted by Gasteiger charge is 2.22. The lowest BCUT2D eigenvalue weighted by atomic mass is 10.00. The zero-order valence-electron chi connectivity index (χ0n) is 9.10. The van der Waals surface area contributed by atoms with Gasteiger partial charge in [-0.15, -0.1) is 0 Å². The molecule has 1 aliphatic rings. The van der Waals surface area contributed by atoms with Crippen LogP contribution in [0.5, 0.6) is 0 Å². The van der Waals surface area contributed by atoms with E-state index in [4.69, 9.17) is 4.74 Å². The minimum Gasteiger partial charge on any atom is -0.368 e. The molecule has 2 aromatic carbocycles. The Bertz CT molecular complexity index is 476. The quantitative estimate of drug-likeness (QED) is 0.737. The van der Waals surface area contributed by atoms with Crippen molar-refractivity contribution in [1.29, 1.82) is 0 Å². The minimum absolute atomic E-state index is 0.235. The van der Waals surface area contributed by atoms with E-state index in [9.17, 15) is 0 Å². The molecule has 16 heavy (non-hydrogen) atoms. The maximum Gasteiger partial charge on any atom is 0.0873 e. The molecule has 1 aliphatic heterocycles. The van der Waals surface area contributed by atoms with Gasteiger partial charge in [0.2, 0.25) is 0 Å². The first-order valence-corrected chi connectivity index (χ1v) is 5.67. The van der Waals surface area contributed by atoms with Crippen LogP contribution in [0.1, 0.15) is 22.8 Å². The lowest BCUT2D eigenvalue weighted by molar-refractivity contribution is 0.0665. The van der Waals surface area contributed by atoms with Crippen LogP contribution in [0.25, 0.3) is 0 Å². The van der Waals surface area contributed by atoms with Crippen LogP contribution in [0.4, 0.5) is 0 Å². The first-order chi connectivity index (χ1) is 7.93. The highest BCUT2D eigenvalue weighted by atomic mass is 16.5. The standard InChI is InChI=1S/C15H14O/c1-2-6-12(7-3-1)10-15-14-9-5-4-8-13(14)11-16-15/h1-9,15H,10-11H2. The predicted octanol–water partition coefficient (Wildman–Crippen LogP) is 3.50. The summed E-state index contributed by atoms with van der Waals surface area (Å²) >= 11 is 0. The summed E-state index contributed by atoms with van der Waals surface area (Å²) in [5, 5.41) is 0. The SMILES string of the molecule is c1ccc(CC2OCc3ccccc32)cc1. The molecule has 0 aliphatic carbocycles. The van der Waals surface area contributed by atoms with Gasteiger partial charge in [0.1, 0.15) is 0 Å². The third kappa shape index (κ3) is 1.74. The summed E-state index contributed by atoms with van der Waals surface area (Å²) in [6.45, 7) is 0.758. The highest BCUT2D eigenvalue weighted by Crippen LogP contribution is 2.32. The summed E-state index contributed by atoms with van der Waals surface area (Å²) in [4.78, 5) is 0. The summed E-state index contributed by atoms with van der Waals surface area (Å²) in [7, 11) is 0. The van der Waals surface area contributed by atoms with Gasteiger partial charge >= 0.3 is 0 Å². The molecule has 0 radical (unpaired) electrons. The smallest absolute Gasteiger partial charge is 0.0873 e. The van der Waals surface area contributed by atoms with Crippen molar-refractivity contribution < 1.29 is 4.74 Å². The molecule has 0 bridgehead atoms. The van der Waals surface area contributed by atoms with E-state index in [1.807, 2.05) is 6.07 Å². The third-order valence-corrected chi connectivity index (χ3v) is 3.11. The van der Waals surface area contributed by atoms with Crippen LogP contribution in [-0.2, 0) is 17.8 Å². The fraction of sp³-hybridized carbons (Fsp3) is 0.200. The number of rotatable bonds is 2. The lowest BCUT2D eigenvalue weighted by Gasteiger charge is -2.10. The van der Waals surface area contributed by atoms with E-state index in [1.54, 1.807) is 0 Å². The molecule has 0 saturated carbocycles. The van der Waals surface area contributed by atoms with E-state index in [0.29, 0.717) is 0 Å². The van der Waals surface area contributed by atoms with Crippen molar-refractivity contribution in [2.24, 2.45) is 0 Å². The molecule has 2 aromatic rings. The van der Waals surface area contributed by atoms with E-state index in [0.717, 1.165) is 13.0 Å². The van der Waals surface area contributed by atoms with Crippen LogP contribution in [0, 0.1) is 0 Å². The first-order valence-electron chi connectivity index (χ1n) is 5.67. The molecular weight excluding hydrogens is 196 g/mol. The molecule has 1 heterocycles. The van der Waals surface area contributed by atoms with E-state index < -0.39 is 0 Å². The van der Waals surface area contributed by atoms with Gasteiger partial charge in [0, 0.05) is 6.42 Å². The summed E-state index contributed by atoms with van der Waals surface area (Å²) in [6, 6.07) is 19.0. The van der Waals surface area contributed by atoms with E-state index in [-0.39, 0.29) is 6.10 Å². The van der Waals surface area contributed by atoms with Gasteiger partial charge < -0.3 is 4.74 Å². The van der Waals surface area contributed by atoms with Crippen LogP contribution in [0.15, 0.2) is 54.6 Å². The molecule has 80 valence electrons. The average Bonchev–Trinajstić information content (AvgIpc) is 2.74. The van der Waals surface area contributed by atoms with Crippen LogP contribution >= 0.6 is 0 Å². The molecule has 1 nitrogen and oxygen atoms in total. The van der Waals surface area contributed by atoms with Crippen LogP contribution < -0.4 is 0 Å². The van der Waals surface area contributed by atoms with Crippen molar-refractivity contribution in [2.45, 2.75) is 19.1 Å².